The number of nitrogens with one attached hydrogen (secondary N) is 1. The van der Waals surface area contributed by atoms with E-state index in [1.54, 1.807) is 18.2 Å². The minimum absolute atomic E-state index is 0.107. The van der Waals surface area contributed by atoms with Crippen molar-refractivity contribution in [2.45, 2.75) is 12.8 Å². The predicted octanol–water partition coefficient (Wildman–Crippen LogP) is 3.75. The summed E-state index contributed by atoms with van der Waals surface area (Å²) in [5.41, 5.74) is 6.03. The zero-order chi connectivity index (χ0) is 16.2. The van der Waals surface area contributed by atoms with E-state index in [0.717, 1.165) is 18.6 Å². The molecule has 0 bridgehead atoms. The van der Waals surface area contributed by atoms with Crippen LogP contribution in [0.5, 0.6) is 5.75 Å². The van der Waals surface area contributed by atoms with Crippen molar-refractivity contribution in [1.29, 1.82) is 0 Å². The largest absolute Gasteiger partial charge is 0.483 e. The molecule has 0 atom stereocenters. The molecule has 0 fully saturated rings. The molecule has 0 heterocycles. The van der Waals surface area contributed by atoms with Gasteiger partial charge in [0.2, 0.25) is 0 Å². The van der Waals surface area contributed by atoms with Crippen molar-refractivity contribution in [3.05, 3.63) is 63.1 Å². The van der Waals surface area contributed by atoms with Gasteiger partial charge < -0.3 is 4.74 Å². The maximum Gasteiger partial charge on any atom is 0.277 e. The number of carbonyl (C=O) groups is 1. The molecule has 1 aliphatic rings. The molecular weight excluding hydrogens is 380 g/mol. The molecule has 23 heavy (non-hydrogen) atoms. The number of hydrogen-bond acceptors (Lipinski definition) is 3. The second-order valence-electron chi connectivity index (χ2n) is 5.20. The van der Waals surface area contributed by atoms with Crippen LogP contribution in [0.15, 0.2) is 52.0 Å². The molecule has 0 unspecified atom stereocenters. The Morgan fingerprint density at radius 2 is 1.91 bits per heavy atom. The maximum absolute atomic E-state index is 11.8. The van der Waals surface area contributed by atoms with Gasteiger partial charge in [-0.1, -0.05) is 35.9 Å². The van der Waals surface area contributed by atoms with Crippen LogP contribution in [0.25, 0.3) is 0 Å². The lowest BCUT2D eigenvalue weighted by atomic mass is 10.1. The van der Waals surface area contributed by atoms with Crippen LogP contribution in [-0.4, -0.2) is 18.2 Å². The van der Waals surface area contributed by atoms with Crippen LogP contribution in [0.3, 0.4) is 0 Å². The van der Waals surface area contributed by atoms with Gasteiger partial charge in [0.25, 0.3) is 5.91 Å². The second kappa shape index (κ2) is 7.15. The summed E-state index contributed by atoms with van der Waals surface area (Å²) in [4.78, 5) is 11.8. The molecule has 0 saturated heterocycles. The third-order valence-corrected chi connectivity index (χ3v) is 4.35. The Bertz CT molecular complexity index is 750. The van der Waals surface area contributed by atoms with Crippen LogP contribution in [-0.2, 0) is 17.6 Å². The zero-order valence-corrected chi connectivity index (χ0v) is 14.5. The first-order valence-electron chi connectivity index (χ1n) is 7.11. The average molecular weight is 394 g/mol. The van der Waals surface area contributed by atoms with Gasteiger partial charge in [-0.15, -0.1) is 0 Å². The lowest BCUT2D eigenvalue weighted by Crippen LogP contribution is -2.26. The Morgan fingerprint density at radius 3 is 2.57 bits per heavy atom. The molecule has 0 radical (unpaired) electrons. The highest BCUT2D eigenvalue weighted by Gasteiger charge is 2.16. The summed E-state index contributed by atoms with van der Waals surface area (Å²) in [6.45, 7) is -0.107. The number of halogens is 2. The van der Waals surface area contributed by atoms with Gasteiger partial charge in [0.15, 0.2) is 6.61 Å². The first-order chi connectivity index (χ1) is 11.1. The minimum Gasteiger partial charge on any atom is -0.483 e. The Morgan fingerprint density at radius 1 is 1.22 bits per heavy atom. The number of rotatable bonds is 4. The molecule has 6 heteroatoms. The van der Waals surface area contributed by atoms with Crippen molar-refractivity contribution in [3.63, 3.8) is 0 Å². The number of hydrazone groups is 1. The van der Waals surface area contributed by atoms with E-state index in [-0.39, 0.29) is 12.5 Å². The number of benzene rings is 2. The summed E-state index contributed by atoms with van der Waals surface area (Å²) in [6, 6.07) is 13.3. The normalized spacial score (nSPS) is 12.7. The fourth-order valence-corrected chi connectivity index (χ4v) is 3.19. The predicted molar refractivity (Wildman–Crippen MR) is 94.1 cm³/mol. The summed E-state index contributed by atoms with van der Waals surface area (Å²) < 4.78 is 6.15. The van der Waals surface area contributed by atoms with Gasteiger partial charge in [-0.2, -0.15) is 5.10 Å². The lowest BCUT2D eigenvalue weighted by molar-refractivity contribution is -0.123. The SMILES string of the molecule is O=C(COc1ccc(Cl)cc1Br)NN=C1Cc2ccccc2C1. The van der Waals surface area contributed by atoms with Crippen LogP contribution < -0.4 is 10.2 Å². The quantitative estimate of drug-likeness (QED) is 0.804. The first-order valence-corrected chi connectivity index (χ1v) is 8.28. The van der Waals surface area contributed by atoms with E-state index in [1.165, 1.54) is 11.1 Å². The minimum atomic E-state index is -0.296. The Hall–Kier alpha value is -1.85. The molecule has 1 N–H and O–H groups in total. The fraction of sp³-hybridized carbons (Fsp3) is 0.176. The number of ether oxygens (including phenoxy) is 1. The van der Waals surface area contributed by atoms with Gasteiger partial charge in [0.05, 0.1) is 4.47 Å². The van der Waals surface area contributed by atoms with E-state index < -0.39 is 0 Å². The van der Waals surface area contributed by atoms with E-state index in [9.17, 15) is 4.79 Å². The van der Waals surface area contributed by atoms with Crippen molar-refractivity contribution in [2.75, 3.05) is 6.61 Å². The lowest BCUT2D eigenvalue weighted by Gasteiger charge is -2.07. The molecular formula is C17H14BrClN2O2. The Labute approximate surface area is 147 Å². The third-order valence-electron chi connectivity index (χ3n) is 3.50. The number of amides is 1. The zero-order valence-electron chi connectivity index (χ0n) is 12.2. The second-order valence-corrected chi connectivity index (χ2v) is 6.49. The van der Waals surface area contributed by atoms with Gasteiger partial charge in [0, 0.05) is 23.6 Å². The van der Waals surface area contributed by atoms with Gasteiger partial charge in [-0.25, -0.2) is 5.43 Å². The first kappa shape index (κ1) is 16.0. The average Bonchev–Trinajstić information content (AvgIpc) is 2.95. The molecule has 2 aromatic rings. The topological polar surface area (TPSA) is 50.7 Å². The third kappa shape index (κ3) is 4.12. The fourth-order valence-electron chi connectivity index (χ4n) is 2.39. The van der Waals surface area contributed by atoms with Gasteiger partial charge >= 0.3 is 0 Å². The van der Waals surface area contributed by atoms with Crippen molar-refractivity contribution in [1.82, 2.24) is 5.43 Å². The molecule has 3 rings (SSSR count). The highest BCUT2D eigenvalue weighted by atomic mass is 79.9. The molecule has 1 aliphatic carbocycles. The van der Waals surface area contributed by atoms with Gasteiger partial charge in [-0.05, 0) is 45.3 Å². The Balaban J connectivity index is 1.52. The summed E-state index contributed by atoms with van der Waals surface area (Å²) in [6.07, 6.45) is 1.56. The molecule has 0 spiro atoms. The molecule has 1 amide bonds. The van der Waals surface area contributed by atoms with E-state index in [2.05, 4.69) is 38.6 Å². The molecule has 0 saturated carbocycles. The number of carbonyl (C=O) groups excluding carboxylic acids is 1. The maximum atomic E-state index is 11.8. The van der Waals surface area contributed by atoms with E-state index >= 15 is 0 Å². The molecule has 0 aliphatic heterocycles. The smallest absolute Gasteiger partial charge is 0.277 e. The van der Waals surface area contributed by atoms with Crippen LogP contribution in [0.2, 0.25) is 5.02 Å². The van der Waals surface area contributed by atoms with Gasteiger partial charge in [0.1, 0.15) is 5.75 Å². The van der Waals surface area contributed by atoms with Crippen LogP contribution in [0, 0.1) is 0 Å². The number of hydrogen-bond donors (Lipinski definition) is 1. The van der Waals surface area contributed by atoms with E-state index in [0.29, 0.717) is 15.2 Å². The Kier molecular flexibility index (Phi) is 4.98. The highest BCUT2D eigenvalue weighted by Crippen LogP contribution is 2.27. The van der Waals surface area contributed by atoms with Crippen molar-refractivity contribution >= 4 is 39.1 Å². The van der Waals surface area contributed by atoms with E-state index in [4.69, 9.17) is 16.3 Å². The van der Waals surface area contributed by atoms with Crippen molar-refractivity contribution < 1.29 is 9.53 Å². The molecule has 118 valence electrons. The van der Waals surface area contributed by atoms with Crippen LogP contribution in [0.1, 0.15) is 11.1 Å². The van der Waals surface area contributed by atoms with Crippen LogP contribution in [0.4, 0.5) is 0 Å². The highest BCUT2D eigenvalue weighted by molar-refractivity contribution is 9.10. The van der Waals surface area contributed by atoms with E-state index in [1.807, 2.05) is 12.1 Å². The molecule has 0 aromatic heterocycles. The summed E-state index contributed by atoms with van der Waals surface area (Å²) in [5, 5.41) is 4.79. The van der Waals surface area contributed by atoms with Crippen molar-refractivity contribution in [3.8, 4) is 5.75 Å². The summed E-state index contributed by atoms with van der Waals surface area (Å²) in [5.74, 6) is 0.265. The standard InChI is InChI=1S/C17H14BrClN2O2/c18-15-9-13(19)5-6-16(15)23-10-17(22)21-20-14-7-11-3-1-2-4-12(11)8-14/h1-6,9H,7-8,10H2,(H,21,22). The number of fused-ring (bicyclic) bond motifs is 1. The van der Waals surface area contributed by atoms with Crippen LogP contribution >= 0.6 is 27.5 Å². The summed E-state index contributed by atoms with van der Waals surface area (Å²) >= 11 is 9.20. The van der Waals surface area contributed by atoms with Crippen molar-refractivity contribution in [2.24, 2.45) is 5.10 Å². The number of nitrogens with zero attached hydrogens (tertiary/aromatic N) is 1. The molecule has 4 nitrogen and oxygen atoms in total. The molecule has 2 aromatic carbocycles. The van der Waals surface area contributed by atoms with Gasteiger partial charge in [-0.3, -0.25) is 4.79 Å². The monoisotopic (exact) mass is 392 g/mol. The summed E-state index contributed by atoms with van der Waals surface area (Å²) in [7, 11) is 0.